The lowest BCUT2D eigenvalue weighted by atomic mass is 9.77. The van der Waals surface area contributed by atoms with E-state index in [1.807, 2.05) is 25.1 Å². The van der Waals surface area contributed by atoms with Crippen molar-refractivity contribution in [3.8, 4) is 28.4 Å². The number of hydrogen-bond acceptors (Lipinski definition) is 6. The van der Waals surface area contributed by atoms with E-state index in [1.165, 1.54) is 23.5 Å². The van der Waals surface area contributed by atoms with Crippen LogP contribution in [-0.2, 0) is 16.4 Å². The number of hydrogen-bond donors (Lipinski definition) is 1. The fourth-order valence-electron chi connectivity index (χ4n) is 6.13. The molecule has 0 saturated heterocycles. The summed E-state index contributed by atoms with van der Waals surface area (Å²) < 4.78 is 60.2. The first-order valence-electron chi connectivity index (χ1n) is 13.1. The van der Waals surface area contributed by atoms with E-state index >= 15 is 0 Å². The predicted molar refractivity (Wildman–Crippen MR) is 154 cm³/mol. The number of β-amino-alcohol motifs (C(OH)–C–C–N with tert-alkyl or cyclic N) is 1. The average molecular weight is 576 g/mol. The SMILES string of the molecule is COc1cc2c(cc1OC)C1c3cc(-c4ccc(F)cc4)c(OC)cc3N(S(=O)(=O)c3ccc(C)cc3)CC1(O)C2. The monoisotopic (exact) mass is 575 g/mol. The molecule has 1 aliphatic heterocycles. The van der Waals surface area contributed by atoms with Crippen LogP contribution in [0.3, 0.4) is 0 Å². The van der Waals surface area contributed by atoms with Crippen LogP contribution in [0.5, 0.6) is 17.2 Å². The molecule has 2 unspecified atom stereocenters. The van der Waals surface area contributed by atoms with E-state index in [4.69, 9.17) is 14.2 Å². The van der Waals surface area contributed by atoms with E-state index in [9.17, 15) is 17.9 Å². The summed E-state index contributed by atoms with van der Waals surface area (Å²) in [6.45, 7) is 1.72. The van der Waals surface area contributed by atoms with E-state index < -0.39 is 21.5 Å². The summed E-state index contributed by atoms with van der Waals surface area (Å²) in [4.78, 5) is 0.122. The molecular formula is C32H30FNO6S. The smallest absolute Gasteiger partial charge is 0.264 e. The topological polar surface area (TPSA) is 85.3 Å². The highest BCUT2D eigenvalue weighted by Crippen LogP contribution is 2.56. The second kappa shape index (κ2) is 9.78. The molecule has 41 heavy (non-hydrogen) atoms. The Morgan fingerprint density at radius 2 is 1.49 bits per heavy atom. The van der Waals surface area contributed by atoms with Crippen LogP contribution in [0.4, 0.5) is 10.1 Å². The molecule has 0 bridgehead atoms. The third-order valence-corrected chi connectivity index (χ3v) is 9.87. The van der Waals surface area contributed by atoms with Crippen molar-refractivity contribution >= 4 is 15.7 Å². The van der Waals surface area contributed by atoms with Crippen LogP contribution in [0.25, 0.3) is 11.1 Å². The Hall–Kier alpha value is -4.08. The van der Waals surface area contributed by atoms with Crippen LogP contribution in [-0.4, -0.2) is 47.0 Å². The predicted octanol–water partition coefficient (Wildman–Crippen LogP) is 5.45. The van der Waals surface area contributed by atoms with Crippen LogP contribution >= 0.6 is 0 Å². The van der Waals surface area contributed by atoms with Gasteiger partial charge in [-0.05, 0) is 71.6 Å². The van der Waals surface area contributed by atoms with Crippen LogP contribution in [0.2, 0.25) is 0 Å². The van der Waals surface area contributed by atoms with Crippen molar-refractivity contribution < 1.29 is 32.1 Å². The molecule has 1 heterocycles. The van der Waals surface area contributed by atoms with Gasteiger partial charge in [-0.2, -0.15) is 0 Å². The fraction of sp³-hybridized carbons (Fsp3) is 0.250. The van der Waals surface area contributed by atoms with Gasteiger partial charge in [-0.3, -0.25) is 4.31 Å². The highest BCUT2D eigenvalue weighted by Gasteiger charge is 2.53. The molecule has 9 heteroatoms. The van der Waals surface area contributed by atoms with Gasteiger partial charge in [-0.15, -0.1) is 0 Å². The van der Waals surface area contributed by atoms with E-state index in [2.05, 4.69) is 0 Å². The molecule has 1 N–H and O–H groups in total. The highest BCUT2D eigenvalue weighted by molar-refractivity contribution is 7.92. The summed E-state index contributed by atoms with van der Waals surface area (Å²) >= 11 is 0. The number of nitrogens with zero attached hydrogens (tertiary/aromatic N) is 1. The Morgan fingerprint density at radius 3 is 2.12 bits per heavy atom. The van der Waals surface area contributed by atoms with Gasteiger partial charge in [0.1, 0.15) is 11.6 Å². The molecule has 4 aromatic carbocycles. The molecule has 0 fully saturated rings. The number of aryl methyl sites for hydroxylation is 1. The molecule has 0 aromatic heterocycles. The molecule has 0 spiro atoms. The van der Waals surface area contributed by atoms with Crippen LogP contribution in [0.15, 0.2) is 77.7 Å². The Labute approximate surface area is 238 Å². The number of fused-ring (bicyclic) bond motifs is 5. The van der Waals surface area contributed by atoms with Gasteiger partial charge in [0.15, 0.2) is 11.5 Å². The Morgan fingerprint density at radius 1 is 0.854 bits per heavy atom. The van der Waals surface area contributed by atoms with E-state index in [0.29, 0.717) is 39.6 Å². The Balaban J connectivity index is 1.62. The summed E-state index contributed by atoms with van der Waals surface area (Å²) in [7, 11) is 0.536. The molecule has 2 atom stereocenters. The lowest BCUT2D eigenvalue weighted by molar-refractivity contribution is 0.0415. The number of rotatable bonds is 6. The number of aliphatic hydroxyl groups is 1. The van der Waals surface area contributed by atoms with E-state index in [-0.39, 0.29) is 23.7 Å². The lowest BCUT2D eigenvalue weighted by Gasteiger charge is -2.43. The van der Waals surface area contributed by atoms with Crippen LogP contribution in [0, 0.1) is 12.7 Å². The van der Waals surface area contributed by atoms with Crippen molar-refractivity contribution in [1.29, 1.82) is 0 Å². The molecule has 0 radical (unpaired) electrons. The van der Waals surface area contributed by atoms with Crippen molar-refractivity contribution in [2.75, 3.05) is 32.2 Å². The zero-order valence-electron chi connectivity index (χ0n) is 23.1. The highest BCUT2D eigenvalue weighted by atomic mass is 32.2. The fourth-order valence-corrected chi connectivity index (χ4v) is 7.67. The number of benzene rings is 4. The lowest BCUT2D eigenvalue weighted by Crippen LogP contribution is -2.52. The maximum atomic E-state index is 14.2. The summed E-state index contributed by atoms with van der Waals surface area (Å²) in [5.41, 5.74) is 3.51. The van der Waals surface area contributed by atoms with Crippen LogP contribution < -0.4 is 18.5 Å². The molecule has 2 aliphatic rings. The molecule has 1 aliphatic carbocycles. The largest absolute Gasteiger partial charge is 0.496 e. The first-order chi connectivity index (χ1) is 19.6. The van der Waals surface area contributed by atoms with Gasteiger partial charge in [0.05, 0.1) is 44.1 Å². The first-order valence-corrected chi connectivity index (χ1v) is 14.6. The van der Waals surface area contributed by atoms with Gasteiger partial charge in [-0.1, -0.05) is 29.8 Å². The van der Waals surface area contributed by atoms with Gasteiger partial charge in [0.25, 0.3) is 10.0 Å². The van der Waals surface area contributed by atoms with Crippen LogP contribution in [0.1, 0.15) is 28.2 Å². The molecule has 6 rings (SSSR count). The average Bonchev–Trinajstić information content (AvgIpc) is 3.27. The van der Waals surface area contributed by atoms with Crippen molar-refractivity contribution in [1.82, 2.24) is 0 Å². The number of halogens is 1. The second-order valence-corrected chi connectivity index (χ2v) is 12.4. The summed E-state index contributed by atoms with van der Waals surface area (Å²) in [6, 6.07) is 19.9. The van der Waals surface area contributed by atoms with Gasteiger partial charge in [0, 0.05) is 24.0 Å². The second-order valence-electron chi connectivity index (χ2n) is 10.6. The van der Waals surface area contributed by atoms with Gasteiger partial charge in [0.2, 0.25) is 0 Å². The quantitative estimate of drug-likeness (QED) is 0.329. The zero-order chi connectivity index (χ0) is 29.1. The third-order valence-electron chi connectivity index (χ3n) is 8.10. The van der Waals surface area contributed by atoms with Gasteiger partial charge in [-0.25, -0.2) is 12.8 Å². The van der Waals surface area contributed by atoms with Gasteiger partial charge < -0.3 is 19.3 Å². The Bertz CT molecular complexity index is 1750. The zero-order valence-corrected chi connectivity index (χ0v) is 24.0. The standard InChI is InChI=1S/C32H30FNO6S/c1-19-5-11-23(12-6-19)41(36,37)34-18-32(35)17-21-13-29(39-3)30(40-4)15-25(21)31(32)26-14-24(28(38-2)16-27(26)34)20-7-9-22(33)10-8-20/h5-16,31,35H,17-18H2,1-4H3. The number of sulfonamides is 1. The van der Waals surface area contributed by atoms with E-state index in [1.54, 1.807) is 56.7 Å². The Kier molecular flexibility index (Phi) is 6.47. The third kappa shape index (κ3) is 4.31. The summed E-state index contributed by atoms with van der Waals surface area (Å²) in [5, 5.41) is 12.3. The summed E-state index contributed by atoms with van der Waals surface area (Å²) in [5.74, 6) is 0.525. The minimum Gasteiger partial charge on any atom is -0.496 e. The van der Waals surface area contributed by atoms with Crippen molar-refractivity contribution in [3.05, 3.63) is 101 Å². The van der Waals surface area contributed by atoms with Gasteiger partial charge >= 0.3 is 0 Å². The number of methoxy groups -OCH3 is 3. The molecule has 212 valence electrons. The number of anilines is 1. The number of ether oxygens (including phenoxy) is 3. The minimum atomic E-state index is -4.07. The molecular weight excluding hydrogens is 545 g/mol. The molecule has 0 amide bonds. The maximum Gasteiger partial charge on any atom is 0.264 e. The van der Waals surface area contributed by atoms with Crippen molar-refractivity contribution in [2.24, 2.45) is 0 Å². The maximum absolute atomic E-state index is 14.2. The normalized spacial score (nSPS) is 19.3. The van der Waals surface area contributed by atoms with Crippen molar-refractivity contribution in [3.63, 3.8) is 0 Å². The van der Waals surface area contributed by atoms with Crippen molar-refractivity contribution in [2.45, 2.75) is 29.8 Å². The minimum absolute atomic E-state index is 0.122. The first kappa shape index (κ1) is 27.1. The molecule has 7 nitrogen and oxygen atoms in total. The molecule has 0 saturated carbocycles. The summed E-state index contributed by atoms with van der Waals surface area (Å²) in [6.07, 6.45) is 0.213. The molecule has 4 aromatic rings. The van der Waals surface area contributed by atoms with E-state index in [0.717, 1.165) is 16.7 Å².